The monoisotopic (exact) mass is 1050 g/mol. The molecule has 0 saturated heterocycles. The highest BCUT2D eigenvalue weighted by molar-refractivity contribution is 7.01. The van der Waals surface area contributed by atoms with Crippen molar-refractivity contribution in [2.75, 3.05) is 9.80 Å². The smallest absolute Gasteiger partial charge is 0.257 e. The van der Waals surface area contributed by atoms with Gasteiger partial charge in [0.15, 0.2) is 0 Å². The van der Waals surface area contributed by atoms with Crippen molar-refractivity contribution >= 4 is 81.7 Å². The lowest BCUT2D eigenvalue weighted by molar-refractivity contribution is 0.332. The maximum atomic E-state index is 7.75. The molecule has 0 atom stereocenters. The van der Waals surface area contributed by atoms with Crippen LogP contribution in [0.5, 0.6) is 0 Å². The lowest BCUT2D eigenvalue weighted by Crippen LogP contribution is -2.61. The van der Waals surface area contributed by atoms with Crippen LogP contribution in [0.25, 0.3) is 22.1 Å². The van der Waals surface area contributed by atoms with E-state index in [0.717, 1.165) is 43.6 Å². The summed E-state index contributed by atoms with van der Waals surface area (Å²) in [7, 11) is -1.57. The number of rotatable bonds is 4. The molecule has 0 saturated carbocycles. The summed E-state index contributed by atoms with van der Waals surface area (Å²) in [5.74, 6) is 0.965. The fourth-order valence-electron chi connectivity index (χ4n) is 14.9. The summed E-state index contributed by atoms with van der Waals surface area (Å²) < 4.78 is 7.75. The SMILES string of the molecule is CC(C)(C)c1ccc2c(c1)B1c3c(cc(C(C)(C)C)cc3N(c3ccc4c(c3)C(C)(C)CCC4(C)C)c3oc4cc5c(cc4c31)C(C)(C)CCC5(C)C)N2c1cc2c(cc1-c1ccc([Si](C)(C)C)cc1)C(C)(C)CCC2(C)C. The van der Waals surface area contributed by atoms with E-state index in [4.69, 9.17) is 4.42 Å². The fourth-order valence-corrected chi connectivity index (χ4v) is 16.0. The summed E-state index contributed by atoms with van der Waals surface area (Å²) in [4.78, 5) is 5.35. The molecule has 406 valence electrons. The van der Waals surface area contributed by atoms with Gasteiger partial charge >= 0.3 is 0 Å². The molecule has 12 rings (SSSR count). The molecule has 3 nitrogen and oxygen atoms in total. The van der Waals surface area contributed by atoms with Gasteiger partial charge in [0.05, 0.1) is 13.8 Å². The first-order chi connectivity index (χ1) is 36.0. The minimum absolute atomic E-state index is 0.00143. The van der Waals surface area contributed by atoms with E-state index < -0.39 is 8.07 Å². The topological polar surface area (TPSA) is 19.6 Å². The molecule has 3 heterocycles. The second-order valence-corrected chi connectivity index (χ2v) is 37.4. The number of hydrogen-bond donors (Lipinski definition) is 0. The summed E-state index contributed by atoms with van der Waals surface area (Å²) in [5.41, 5.74) is 25.2. The van der Waals surface area contributed by atoms with Gasteiger partial charge in [-0.3, -0.25) is 4.90 Å². The Morgan fingerprint density at radius 1 is 0.436 bits per heavy atom. The van der Waals surface area contributed by atoms with Crippen LogP contribution in [-0.4, -0.2) is 14.8 Å². The molecule has 6 aromatic carbocycles. The zero-order chi connectivity index (χ0) is 56.2. The Morgan fingerprint density at radius 3 is 1.46 bits per heavy atom. The molecular formula is C73H91BN2OSi. The van der Waals surface area contributed by atoms with Gasteiger partial charge in [0.1, 0.15) is 5.58 Å². The van der Waals surface area contributed by atoms with Gasteiger partial charge in [-0.25, -0.2) is 0 Å². The predicted molar refractivity (Wildman–Crippen MR) is 342 cm³/mol. The first-order valence-electron chi connectivity index (χ1n) is 30.0. The van der Waals surface area contributed by atoms with E-state index in [1.165, 1.54) is 117 Å². The van der Waals surface area contributed by atoms with E-state index in [9.17, 15) is 0 Å². The zero-order valence-corrected chi connectivity index (χ0v) is 52.9. The van der Waals surface area contributed by atoms with Crippen molar-refractivity contribution in [1.29, 1.82) is 0 Å². The molecule has 1 aromatic heterocycles. The molecule has 0 fully saturated rings. The fraction of sp³-hybridized carbons (Fsp3) is 0.479. The Hall–Kier alpha value is -5.26. The Bertz CT molecular complexity index is 3650. The van der Waals surface area contributed by atoms with Crippen LogP contribution in [0.2, 0.25) is 19.6 Å². The van der Waals surface area contributed by atoms with Crippen molar-refractivity contribution in [3.63, 3.8) is 0 Å². The van der Waals surface area contributed by atoms with Gasteiger partial charge in [-0.2, -0.15) is 0 Å². The van der Waals surface area contributed by atoms with Gasteiger partial charge in [0.2, 0.25) is 5.88 Å². The van der Waals surface area contributed by atoms with Crippen LogP contribution in [0, 0.1) is 0 Å². The van der Waals surface area contributed by atoms with Crippen LogP contribution in [-0.2, 0) is 43.3 Å². The van der Waals surface area contributed by atoms with Crippen LogP contribution >= 0.6 is 0 Å². The van der Waals surface area contributed by atoms with Gasteiger partial charge in [-0.15, -0.1) is 0 Å². The Morgan fingerprint density at radius 2 is 0.923 bits per heavy atom. The minimum Gasteiger partial charge on any atom is -0.440 e. The number of benzene rings is 6. The predicted octanol–water partition coefficient (Wildman–Crippen LogP) is 18.4. The number of anilines is 6. The standard InChI is InChI=1S/C73H91BN2OSi/c1-66(2,3)45-24-29-58-57(36-45)74-63-50-41-54-56(73(17,18)35-33-71(54,13)14)43-62(50)77-65(63)75(47-25-28-51-52(39-47)69(9,10)31-30-68(51,7)8)60-37-46(67(4,5)6)38-61(64(60)74)76(58)59-42-55-53(70(11,12)32-34-72(55,15)16)40-49(59)44-22-26-48(27-23-44)78(19,20)21/h22-29,36-43H,30-35H2,1-21H3. The molecule has 0 N–H and O–H groups in total. The van der Waals surface area contributed by atoms with E-state index in [0.29, 0.717) is 0 Å². The highest BCUT2D eigenvalue weighted by Gasteiger charge is 2.50. The molecular weight excluding hydrogens is 960 g/mol. The Balaban J connectivity index is 1.25. The lowest BCUT2D eigenvalue weighted by atomic mass is 9.33. The molecule has 0 radical (unpaired) electrons. The molecule has 0 spiro atoms. The average molecular weight is 1050 g/mol. The minimum atomic E-state index is -1.57. The molecule has 0 unspecified atom stereocenters. The molecule has 5 aliphatic rings. The van der Waals surface area contributed by atoms with Crippen LogP contribution in [0.15, 0.2) is 101 Å². The molecule has 5 heteroatoms. The van der Waals surface area contributed by atoms with E-state index in [2.05, 4.69) is 251 Å². The van der Waals surface area contributed by atoms with Crippen molar-refractivity contribution in [1.82, 2.24) is 0 Å². The maximum Gasteiger partial charge on any atom is 0.257 e. The largest absolute Gasteiger partial charge is 0.440 e. The quantitative estimate of drug-likeness (QED) is 0.164. The van der Waals surface area contributed by atoms with Crippen molar-refractivity contribution in [2.24, 2.45) is 0 Å². The number of nitrogens with zero attached hydrogens (tertiary/aromatic N) is 2. The van der Waals surface area contributed by atoms with Crippen molar-refractivity contribution in [3.05, 3.63) is 142 Å². The van der Waals surface area contributed by atoms with Gasteiger partial charge in [-0.1, -0.05) is 192 Å². The number of hydrogen-bond acceptors (Lipinski definition) is 3. The molecule has 78 heavy (non-hydrogen) atoms. The van der Waals surface area contributed by atoms with E-state index in [1.807, 2.05) is 0 Å². The Kier molecular flexibility index (Phi) is 11.4. The average Bonchev–Trinajstić information content (AvgIpc) is 3.94. The summed E-state index contributed by atoms with van der Waals surface area (Å²) in [5, 5.41) is 2.74. The van der Waals surface area contributed by atoms with Crippen LogP contribution in [0.3, 0.4) is 0 Å². The first-order valence-corrected chi connectivity index (χ1v) is 33.5. The zero-order valence-electron chi connectivity index (χ0n) is 51.9. The van der Waals surface area contributed by atoms with E-state index >= 15 is 0 Å². The van der Waals surface area contributed by atoms with Crippen LogP contribution in [0.1, 0.15) is 208 Å². The summed E-state index contributed by atoms with van der Waals surface area (Å²) >= 11 is 0. The third-order valence-corrected chi connectivity index (χ3v) is 22.8. The van der Waals surface area contributed by atoms with Crippen LogP contribution in [0.4, 0.5) is 34.3 Å². The van der Waals surface area contributed by atoms with E-state index in [1.54, 1.807) is 0 Å². The van der Waals surface area contributed by atoms with E-state index in [-0.39, 0.29) is 50.0 Å². The lowest BCUT2D eigenvalue weighted by Gasteiger charge is -2.46. The van der Waals surface area contributed by atoms with Crippen molar-refractivity contribution in [2.45, 2.75) is 226 Å². The number of fused-ring (bicyclic) bond motifs is 9. The van der Waals surface area contributed by atoms with Gasteiger partial charge in [0.25, 0.3) is 6.71 Å². The highest BCUT2D eigenvalue weighted by Crippen LogP contribution is 2.56. The van der Waals surface area contributed by atoms with Gasteiger partial charge in [-0.05, 0) is 197 Å². The van der Waals surface area contributed by atoms with Gasteiger partial charge < -0.3 is 9.32 Å². The Labute approximate surface area is 472 Å². The molecule has 0 amide bonds. The number of furan rings is 1. The summed E-state index contributed by atoms with van der Waals surface area (Å²) in [6.45, 7) is 51.3. The maximum absolute atomic E-state index is 7.75. The third kappa shape index (κ3) is 8.13. The molecule has 3 aliphatic carbocycles. The van der Waals surface area contributed by atoms with Crippen LogP contribution < -0.4 is 31.4 Å². The summed E-state index contributed by atoms with van der Waals surface area (Å²) in [6.07, 6.45) is 6.95. The molecule has 7 aromatic rings. The summed E-state index contributed by atoms with van der Waals surface area (Å²) in [6, 6.07) is 40.4. The first kappa shape index (κ1) is 53.4. The highest BCUT2D eigenvalue weighted by atomic mass is 28.3. The van der Waals surface area contributed by atoms with Gasteiger partial charge in [0, 0.05) is 39.2 Å². The normalized spacial score (nSPS) is 20.1. The van der Waals surface area contributed by atoms with Crippen molar-refractivity contribution < 1.29 is 4.42 Å². The molecule has 0 bridgehead atoms. The third-order valence-electron chi connectivity index (χ3n) is 20.8. The molecule has 2 aliphatic heterocycles. The second-order valence-electron chi connectivity index (χ2n) is 32.3. The van der Waals surface area contributed by atoms with Crippen molar-refractivity contribution in [3.8, 4) is 11.1 Å². The second kappa shape index (κ2) is 16.7.